The smallest absolute Gasteiger partial charge is 0.323 e. The quantitative estimate of drug-likeness (QED) is 0.498. The van der Waals surface area contributed by atoms with Gasteiger partial charge in [-0.3, -0.25) is 10.2 Å². The van der Waals surface area contributed by atoms with Gasteiger partial charge in [0.25, 0.3) is 0 Å². The first-order valence-corrected chi connectivity index (χ1v) is 6.92. The zero-order valence-corrected chi connectivity index (χ0v) is 12.5. The van der Waals surface area contributed by atoms with E-state index in [1.807, 2.05) is 18.7 Å². The average molecular weight is 295 g/mol. The summed E-state index contributed by atoms with van der Waals surface area (Å²) < 4.78 is 5.49. The van der Waals surface area contributed by atoms with Gasteiger partial charge < -0.3 is 15.0 Å². The van der Waals surface area contributed by atoms with Crippen LogP contribution >= 0.6 is 0 Å². The monoisotopic (exact) mass is 295 g/mol. The highest BCUT2D eigenvalue weighted by Crippen LogP contribution is 2.24. The minimum atomic E-state index is -0.282. The van der Waals surface area contributed by atoms with Crippen LogP contribution in [0.15, 0.2) is 0 Å². The van der Waals surface area contributed by atoms with Gasteiger partial charge in [-0.2, -0.15) is 15.0 Å². The van der Waals surface area contributed by atoms with Gasteiger partial charge in [-0.15, -0.1) is 0 Å². The minimum absolute atomic E-state index is 0.0542. The lowest BCUT2D eigenvalue weighted by Crippen LogP contribution is -2.42. The number of nitrogens with zero attached hydrogens (tertiary/aromatic N) is 4. The highest BCUT2D eigenvalue weighted by atomic mass is 16.5. The molecule has 9 heteroatoms. The molecule has 2 heterocycles. The molecule has 2 rings (SSSR count). The van der Waals surface area contributed by atoms with Crippen LogP contribution in [-0.2, 0) is 4.79 Å². The van der Waals surface area contributed by atoms with Gasteiger partial charge in [-0.1, -0.05) is 0 Å². The molecule has 0 spiro atoms. The fraction of sp³-hybridized carbons (Fsp3) is 0.667. The van der Waals surface area contributed by atoms with E-state index in [0.29, 0.717) is 12.5 Å². The van der Waals surface area contributed by atoms with Gasteiger partial charge in [0.1, 0.15) is 6.04 Å². The molecular formula is C12H21N7O2. The number of ether oxygens (including phenoxy) is 1. The van der Waals surface area contributed by atoms with Crippen molar-refractivity contribution < 1.29 is 9.53 Å². The number of nitrogen functional groups attached to an aromatic ring is 1. The zero-order chi connectivity index (χ0) is 15.4. The maximum Gasteiger partial charge on any atom is 0.323 e. The summed E-state index contributed by atoms with van der Waals surface area (Å²) in [5.74, 6) is 5.92. The van der Waals surface area contributed by atoms with E-state index in [4.69, 9.17) is 10.6 Å². The molecule has 1 saturated heterocycles. The Kier molecular flexibility index (Phi) is 4.73. The van der Waals surface area contributed by atoms with Crippen molar-refractivity contribution in [2.75, 3.05) is 23.9 Å². The zero-order valence-electron chi connectivity index (χ0n) is 12.5. The fourth-order valence-corrected chi connectivity index (χ4v) is 2.25. The second kappa shape index (κ2) is 6.53. The molecule has 1 fully saturated rings. The van der Waals surface area contributed by atoms with Gasteiger partial charge in [0.15, 0.2) is 0 Å². The molecule has 1 amide bonds. The molecule has 116 valence electrons. The molecule has 1 aliphatic rings. The Morgan fingerprint density at radius 2 is 2.19 bits per heavy atom. The van der Waals surface area contributed by atoms with Crippen LogP contribution in [0.5, 0.6) is 6.01 Å². The SMILES string of the molecule is CNC(=O)C1CCCN1c1nc(NN)nc(OC(C)C)n1. The standard InChI is InChI=1S/C12H21N7O2/c1-7(2)21-12-16-10(18-13)15-11(17-12)19-6-4-5-8(19)9(20)14-3/h7-8H,4-6,13H2,1-3H3,(H,14,20)(H,15,16,17,18). The van der Waals surface area contributed by atoms with Crippen LogP contribution in [0.1, 0.15) is 26.7 Å². The molecule has 0 radical (unpaired) electrons. The van der Waals surface area contributed by atoms with Crippen LogP contribution in [0.25, 0.3) is 0 Å². The molecule has 0 aliphatic carbocycles. The second-order valence-corrected chi connectivity index (χ2v) is 5.02. The van der Waals surface area contributed by atoms with E-state index < -0.39 is 0 Å². The largest absolute Gasteiger partial charge is 0.461 e. The first-order valence-electron chi connectivity index (χ1n) is 6.92. The summed E-state index contributed by atoms with van der Waals surface area (Å²) in [7, 11) is 1.62. The molecule has 21 heavy (non-hydrogen) atoms. The number of carbonyl (C=O) groups is 1. The second-order valence-electron chi connectivity index (χ2n) is 5.02. The van der Waals surface area contributed by atoms with Gasteiger partial charge in [0.2, 0.25) is 17.8 Å². The number of carbonyl (C=O) groups excluding carboxylic acids is 1. The Balaban J connectivity index is 2.31. The first kappa shape index (κ1) is 15.2. The van der Waals surface area contributed by atoms with Crippen LogP contribution in [0.3, 0.4) is 0 Å². The Morgan fingerprint density at radius 3 is 2.81 bits per heavy atom. The number of hydrazine groups is 1. The van der Waals surface area contributed by atoms with Gasteiger partial charge in [0.05, 0.1) is 6.10 Å². The Bertz CT molecular complexity index is 508. The first-order chi connectivity index (χ1) is 10.0. The summed E-state index contributed by atoms with van der Waals surface area (Å²) in [4.78, 5) is 26.3. The van der Waals surface area contributed by atoms with Gasteiger partial charge in [-0.25, -0.2) is 5.84 Å². The number of nitrogens with two attached hydrogens (primary N) is 1. The van der Waals surface area contributed by atoms with Crippen LogP contribution in [0, 0.1) is 0 Å². The lowest BCUT2D eigenvalue weighted by atomic mass is 10.2. The Morgan fingerprint density at radius 1 is 1.43 bits per heavy atom. The fourth-order valence-electron chi connectivity index (χ4n) is 2.25. The maximum absolute atomic E-state index is 11.9. The van der Waals surface area contributed by atoms with Crippen LogP contribution in [0.4, 0.5) is 11.9 Å². The molecule has 1 unspecified atom stereocenters. The van der Waals surface area contributed by atoms with Crippen molar-refractivity contribution in [3.63, 3.8) is 0 Å². The van der Waals surface area contributed by atoms with Crippen molar-refractivity contribution >= 4 is 17.8 Å². The van der Waals surface area contributed by atoms with Crippen LogP contribution in [0.2, 0.25) is 0 Å². The van der Waals surface area contributed by atoms with E-state index in [1.165, 1.54) is 0 Å². The van der Waals surface area contributed by atoms with Gasteiger partial charge in [0, 0.05) is 13.6 Å². The van der Waals surface area contributed by atoms with Crippen molar-refractivity contribution in [3.8, 4) is 6.01 Å². The molecule has 1 aliphatic heterocycles. The molecule has 1 aromatic rings. The molecule has 0 saturated carbocycles. The summed E-state index contributed by atoms with van der Waals surface area (Å²) in [6, 6.07) is -0.0968. The molecule has 0 bridgehead atoms. The highest BCUT2D eigenvalue weighted by molar-refractivity contribution is 5.85. The lowest BCUT2D eigenvalue weighted by Gasteiger charge is -2.23. The lowest BCUT2D eigenvalue weighted by molar-refractivity contribution is -0.121. The van der Waals surface area contributed by atoms with E-state index in [2.05, 4.69) is 25.7 Å². The highest BCUT2D eigenvalue weighted by Gasteiger charge is 2.32. The van der Waals surface area contributed by atoms with Crippen molar-refractivity contribution in [2.24, 2.45) is 5.84 Å². The molecule has 0 aromatic carbocycles. The Hall–Kier alpha value is -2.16. The van der Waals surface area contributed by atoms with E-state index in [-0.39, 0.29) is 30.0 Å². The van der Waals surface area contributed by atoms with E-state index in [0.717, 1.165) is 12.8 Å². The summed E-state index contributed by atoms with van der Waals surface area (Å²) >= 11 is 0. The topological polar surface area (TPSA) is 118 Å². The predicted octanol–water partition coefficient (Wildman–Crippen LogP) is -0.341. The number of hydrogen-bond acceptors (Lipinski definition) is 8. The number of nitrogens with one attached hydrogen (secondary N) is 2. The Labute approximate surface area is 123 Å². The molecular weight excluding hydrogens is 274 g/mol. The third-order valence-electron chi connectivity index (χ3n) is 3.13. The van der Waals surface area contributed by atoms with Crippen molar-refractivity contribution in [3.05, 3.63) is 0 Å². The third-order valence-corrected chi connectivity index (χ3v) is 3.13. The average Bonchev–Trinajstić information content (AvgIpc) is 2.94. The van der Waals surface area contributed by atoms with E-state index >= 15 is 0 Å². The molecule has 1 aromatic heterocycles. The molecule has 9 nitrogen and oxygen atoms in total. The van der Waals surface area contributed by atoms with Gasteiger partial charge >= 0.3 is 6.01 Å². The number of anilines is 2. The number of hydrogen-bond donors (Lipinski definition) is 3. The summed E-state index contributed by atoms with van der Waals surface area (Å²) in [5.41, 5.74) is 2.39. The van der Waals surface area contributed by atoms with Crippen LogP contribution in [-0.4, -0.2) is 46.6 Å². The number of aromatic nitrogens is 3. The number of amides is 1. The summed E-state index contributed by atoms with van der Waals surface area (Å²) in [6.07, 6.45) is 1.59. The van der Waals surface area contributed by atoms with Crippen molar-refractivity contribution in [1.29, 1.82) is 0 Å². The molecule has 1 atom stereocenters. The van der Waals surface area contributed by atoms with E-state index in [1.54, 1.807) is 7.05 Å². The normalized spacial score (nSPS) is 18.0. The van der Waals surface area contributed by atoms with Gasteiger partial charge in [-0.05, 0) is 26.7 Å². The van der Waals surface area contributed by atoms with Crippen molar-refractivity contribution in [2.45, 2.75) is 38.8 Å². The summed E-state index contributed by atoms with van der Waals surface area (Å²) in [6.45, 7) is 4.46. The number of likely N-dealkylation sites (N-methyl/N-ethyl adjacent to an activating group) is 1. The third kappa shape index (κ3) is 3.48. The molecule has 4 N–H and O–H groups in total. The maximum atomic E-state index is 11.9. The van der Waals surface area contributed by atoms with Crippen molar-refractivity contribution in [1.82, 2.24) is 20.3 Å². The van der Waals surface area contributed by atoms with E-state index in [9.17, 15) is 4.79 Å². The van der Waals surface area contributed by atoms with Crippen LogP contribution < -0.4 is 26.2 Å². The summed E-state index contributed by atoms with van der Waals surface area (Å²) in [5, 5.41) is 2.66. The predicted molar refractivity (Wildman–Crippen MR) is 77.8 cm³/mol. The minimum Gasteiger partial charge on any atom is -0.461 e. The number of rotatable bonds is 5.